The quantitative estimate of drug-likeness (QED) is 0.853. The molecule has 1 fully saturated rings. The number of aromatic nitrogens is 2. The number of methoxy groups -OCH3 is 1. The number of rotatable bonds is 5. The van der Waals surface area contributed by atoms with Gasteiger partial charge < -0.3 is 20.3 Å². The Bertz CT molecular complexity index is 502. The Hall–Kier alpha value is -1.89. The zero-order valence-electron chi connectivity index (χ0n) is 13.5. The Morgan fingerprint density at radius 3 is 2.68 bits per heavy atom. The molecule has 0 aliphatic carbocycles. The van der Waals surface area contributed by atoms with Crippen molar-refractivity contribution in [3.8, 4) is 5.88 Å². The standard InChI is InChI=1S/C15H25N5O2/c1-4-11(2)13(16)14(21)19-7-9-20(10-8-19)15-17-6-5-12(18-15)22-3/h5-6,11,13H,4,7-10,16H2,1-3H3. The number of nitrogens with zero attached hydrogens (tertiary/aromatic N) is 4. The number of carbonyl (C=O) groups excluding carboxylic acids is 1. The van der Waals surface area contributed by atoms with E-state index in [1.54, 1.807) is 19.4 Å². The number of ether oxygens (including phenoxy) is 1. The number of carbonyl (C=O) groups is 1. The van der Waals surface area contributed by atoms with Crippen LogP contribution in [-0.2, 0) is 4.79 Å². The molecule has 2 heterocycles. The van der Waals surface area contributed by atoms with Crippen LogP contribution in [0.15, 0.2) is 12.3 Å². The summed E-state index contributed by atoms with van der Waals surface area (Å²) >= 11 is 0. The predicted octanol–water partition coefficient (Wildman–Crippen LogP) is 0.507. The third kappa shape index (κ3) is 3.65. The summed E-state index contributed by atoms with van der Waals surface area (Å²) < 4.78 is 5.12. The van der Waals surface area contributed by atoms with E-state index in [2.05, 4.69) is 21.8 Å². The van der Waals surface area contributed by atoms with Crippen LogP contribution < -0.4 is 15.4 Å². The van der Waals surface area contributed by atoms with Crippen molar-refractivity contribution in [2.45, 2.75) is 26.3 Å². The van der Waals surface area contributed by atoms with E-state index in [1.807, 2.05) is 11.8 Å². The number of piperazine rings is 1. The third-order valence-corrected chi connectivity index (χ3v) is 4.24. The van der Waals surface area contributed by atoms with Crippen molar-refractivity contribution in [3.05, 3.63) is 12.3 Å². The van der Waals surface area contributed by atoms with Gasteiger partial charge in [0.25, 0.3) is 0 Å². The summed E-state index contributed by atoms with van der Waals surface area (Å²) in [6, 6.07) is 1.30. The van der Waals surface area contributed by atoms with Gasteiger partial charge in [0.2, 0.25) is 17.7 Å². The molecule has 7 heteroatoms. The Labute approximate surface area is 131 Å². The molecule has 0 aromatic carbocycles. The smallest absolute Gasteiger partial charge is 0.239 e. The SMILES string of the molecule is CCC(C)C(N)C(=O)N1CCN(c2nccc(OC)n2)CC1. The Balaban J connectivity index is 1.93. The van der Waals surface area contributed by atoms with E-state index in [1.165, 1.54) is 0 Å². The number of hydrogen-bond acceptors (Lipinski definition) is 6. The van der Waals surface area contributed by atoms with Crippen molar-refractivity contribution in [1.82, 2.24) is 14.9 Å². The molecule has 1 saturated heterocycles. The van der Waals surface area contributed by atoms with Crippen molar-refractivity contribution >= 4 is 11.9 Å². The summed E-state index contributed by atoms with van der Waals surface area (Å²) in [7, 11) is 1.58. The van der Waals surface area contributed by atoms with Crippen LogP contribution in [0, 0.1) is 5.92 Å². The summed E-state index contributed by atoms with van der Waals surface area (Å²) in [5.41, 5.74) is 6.04. The fourth-order valence-electron chi connectivity index (χ4n) is 2.43. The van der Waals surface area contributed by atoms with Crippen molar-refractivity contribution in [2.75, 3.05) is 38.2 Å². The minimum absolute atomic E-state index is 0.0422. The van der Waals surface area contributed by atoms with Gasteiger partial charge in [-0.05, 0) is 5.92 Å². The van der Waals surface area contributed by atoms with E-state index in [0.29, 0.717) is 38.0 Å². The summed E-state index contributed by atoms with van der Waals surface area (Å²) in [6.07, 6.45) is 2.59. The van der Waals surface area contributed by atoms with Gasteiger partial charge in [0, 0.05) is 38.4 Å². The summed E-state index contributed by atoms with van der Waals surface area (Å²) in [5, 5.41) is 0. The van der Waals surface area contributed by atoms with Crippen molar-refractivity contribution in [2.24, 2.45) is 11.7 Å². The predicted molar refractivity (Wildman–Crippen MR) is 84.8 cm³/mol. The second-order valence-corrected chi connectivity index (χ2v) is 5.62. The zero-order valence-corrected chi connectivity index (χ0v) is 13.5. The van der Waals surface area contributed by atoms with Crippen molar-refractivity contribution in [1.29, 1.82) is 0 Å². The lowest BCUT2D eigenvalue weighted by molar-refractivity contribution is -0.134. The number of hydrogen-bond donors (Lipinski definition) is 1. The highest BCUT2D eigenvalue weighted by molar-refractivity contribution is 5.82. The average Bonchev–Trinajstić information content (AvgIpc) is 2.59. The van der Waals surface area contributed by atoms with E-state index in [0.717, 1.165) is 6.42 Å². The monoisotopic (exact) mass is 307 g/mol. The molecule has 1 amide bonds. The van der Waals surface area contributed by atoms with Gasteiger partial charge in [-0.1, -0.05) is 20.3 Å². The molecule has 0 bridgehead atoms. The Morgan fingerprint density at radius 2 is 2.09 bits per heavy atom. The van der Waals surface area contributed by atoms with E-state index in [-0.39, 0.29) is 11.8 Å². The molecule has 1 aliphatic heterocycles. The van der Waals surface area contributed by atoms with Crippen molar-refractivity contribution in [3.63, 3.8) is 0 Å². The topological polar surface area (TPSA) is 84.6 Å². The maximum atomic E-state index is 12.4. The molecule has 7 nitrogen and oxygen atoms in total. The largest absolute Gasteiger partial charge is 0.481 e. The van der Waals surface area contributed by atoms with Crippen LogP contribution in [-0.4, -0.2) is 60.1 Å². The second-order valence-electron chi connectivity index (χ2n) is 5.62. The Kier molecular flexibility index (Phi) is 5.54. The fraction of sp³-hybridized carbons (Fsp3) is 0.667. The number of nitrogens with two attached hydrogens (primary N) is 1. The zero-order chi connectivity index (χ0) is 16.1. The van der Waals surface area contributed by atoms with E-state index in [9.17, 15) is 4.79 Å². The molecule has 2 unspecified atom stereocenters. The van der Waals surface area contributed by atoms with Gasteiger partial charge in [-0.25, -0.2) is 4.98 Å². The fourth-order valence-corrected chi connectivity index (χ4v) is 2.43. The summed E-state index contributed by atoms with van der Waals surface area (Å²) in [4.78, 5) is 24.9. The van der Waals surface area contributed by atoms with Crippen LogP contribution >= 0.6 is 0 Å². The van der Waals surface area contributed by atoms with Crippen LogP contribution in [0.3, 0.4) is 0 Å². The highest BCUT2D eigenvalue weighted by atomic mass is 16.5. The summed E-state index contributed by atoms with van der Waals surface area (Å²) in [6.45, 7) is 6.75. The highest BCUT2D eigenvalue weighted by Crippen LogP contribution is 2.16. The van der Waals surface area contributed by atoms with Crippen LogP contribution in [0.4, 0.5) is 5.95 Å². The number of anilines is 1. The minimum Gasteiger partial charge on any atom is -0.481 e. The first-order valence-corrected chi connectivity index (χ1v) is 7.73. The molecular weight excluding hydrogens is 282 g/mol. The van der Waals surface area contributed by atoms with Gasteiger partial charge in [0.15, 0.2) is 0 Å². The van der Waals surface area contributed by atoms with Gasteiger partial charge in [0.05, 0.1) is 13.2 Å². The van der Waals surface area contributed by atoms with E-state index in [4.69, 9.17) is 10.5 Å². The first-order chi connectivity index (χ1) is 10.6. The van der Waals surface area contributed by atoms with E-state index < -0.39 is 6.04 Å². The molecule has 2 atom stereocenters. The normalized spacial score (nSPS) is 18.0. The molecule has 22 heavy (non-hydrogen) atoms. The maximum Gasteiger partial charge on any atom is 0.239 e. The molecule has 1 aromatic heterocycles. The molecule has 2 N–H and O–H groups in total. The number of amides is 1. The van der Waals surface area contributed by atoms with Crippen molar-refractivity contribution < 1.29 is 9.53 Å². The van der Waals surface area contributed by atoms with Crippen LogP contribution in [0.5, 0.6) is 5.88 Å². The lowest BCUT2D eigenvalue weighted by atomic mass is 9.98. The molecule has 1 aliphatic rings. The molecular formula is C15H25N5O2. The van der Waals surface area contributed by atoms with Crippen LogP contribution in [0.25, 0.3) is 0 Å². The van der Waals surface area contributed by atoms with Gasteiger partial charge in [-0.2, -0.15) is 4.98 Å². The first kappa shape index (κ1) is 16.5. The van der Waals surface area contributed by atoms with Gasteiger partial charge in [0.1, 0.15) is 0 Å². The third-order valence-electron chi connectivity index (χ3n) is 4.24. The van der Waals surface area contributed by atoms with Gasteiger partial charge in [-0.15, -0.1) is 0 Å². The molecule has 0 radical (unpaired) electrons. The molecule has 2 rings (SSSR count). The molecule has 1 aromatic rings. The molecule has 122 valence electrons. The summed E-state index contributed by atoms with van der Waals surface area (Å²) in [5.74, 6) is 1.42. The van der Waals surface area contributed by atoms with E-state index >= 15 is 0 Å². The van der Waals surface area contributed by atoms with Gasteiger partial charge >= 0.3 is 0 Å². The maximum absolute atomic E-state index is 12.4. The lowest BCUT2D eigenvalue weighted by Gasteiger charge is -2.36. The van der Waals surface area contributed by atoms with Gasteiger partial charge in [-0.3, -0.25) is 4.79 Å². The molecule has 0 spiro atoms. The first-order valence-electron chi connectivity index (χ1n) is 7.73. The molecule has 0 saturated carbocycles. The average molecular weight is 307 g/mol. The lowest BCUT2D eigenvalue weighted by Crippen LogP contribution is -2.54. The highest BCUT2D eigenvalue weighted by Gasteiger charge is 2.28. The van der Waals surface area contributed by atoms with Crippen LogP contribution in [0.1, 0.15) is 20.3 Å². The minimum atomic E-state index is -0.412. The van der Waals surface area contributed by atoms with Crippen LogP contribution in [0.2, 0.25) is 0 Å². The Morgan fingerprint density at radius 1 is 1.41 bits per heavy atom. The second kappa shape index (κ2) is 7.40.